The largest absolute Gasteiger partial charge is 0.336 e. The second-order valence-electron chi connectivity index (χ2n) is 5.51. The summed E-state index contributed by atoms with van der Waals surface area (Å²) >= 11 is 1.33. The molecule has 116 valence electrons. The molecule has 0 radical (unpaired) electrons. The number of amides is 3. The average molecular weight is 311 g/mol. The normalized spacial score (nSPS) is 15.9. The number of hydrogen-bond acceptors (Lipinski definition) is 5. The predicted octanol–water partition coefficient (Wildman–Crippen LogP) is 1.64. The monoisotopic (exact) mass is 311 g/mol. The van der Waals surface area contributed by atoms with E-state index in [1.807, 2.05) is 20.8 Å². The molecule has 0 unspecified atom stereocenters. The summed E-state index contributed by atoms with van der Waals surface area (Å²) in [6, 6.07) is -0.0225. The van der Waals surface area contributed by atoms with Crippen LogP contribution in [0.1, 0.15) is 45.5 Å². The molecule has 0 bridgehead atoms. The SMILES string of the molecule is Cc1nnc(S[C@H](C)C(=O)NC(=O)NC(C)C)n1C1CC1. The van der Waals surface area contributed by atoms with Gasteiger partial charge in [-0.15, -0.1) is 10.2 Å². The van der Waals surface area contributed by atoms with Crippen LogP contribution in [-0.2, 0) is 4.79 Å². The van der Waals surface area contributed by atoms with E-state index < -0.39 is 11.3 Å². The van der Waals surface area contributed by atoms with Crippen LogP contribution in [0.15, 0.2) is 5.16 Å². The smallest absolute Gasteiger partial charge is 0.321 e. The summed E-state index contributed by atoms with van der Waals surface area (Å²) in [4.78, 5) is 23.5. The van der Waals surface area contributed by atoms with E-state index >= 15 is 0 Å². The van der Waals surface area contributed by atoms with Gasteiger partial charge < -0.3 is 9.88 Å². The summed E-state index contributed by atoms with van der Waals surface area (Å²) in [6.07, 6.45) is 2.26. The molecule has 1 saturated carbocycles. The topological polar surface area (TPSA) is 88.9 Å². The van der Waals surface area contributed by atoms with Crippen LogP contribution < -0.4 is 10.6 Å². The van der Waals surface area contributed by atoms with Gasteiger partial charge in [-0.05, 0) is 40.5 Å². The van der Waals surface area contributed by atoms with Gasteiger partial charge in [0.05, 0.1) is 5.25 Å². The molecule has 0 aromatic carbocycles. The molecule has 21 heavy (non-hydrogen) atoms. The van der Waals surface area contributed by atoms with Gasteiger partial charge in [0.15, 0.2) is 5.16 Å². The van der Waals surface area contributed by atoms with E-state index in [1.54, 1.807) is 6.92 Å². The van der Waals surface area contributed by atoms with Crippen LogP contribution in [0.3, 0.4) is 0 Å². The van der Waals surface area contributed by atoms with Gasteiger partial charge in [0.2, 0.25) is 5.91 Å². The first-order valence-electron chi connectivity index (χ1n) is 7.08. The van der Waals surface area contributed by atoms with Gasteiger partial charge in [0.25, 0.3) is 0 Å². The van der Waals surface area contributed by atoms with Crippen molar-refractivity contribution in [2.24, 2.45) is 0 Å². The molecule has 1 atom stereocenters. The van der Waals surface area contributed by atoms with Crippen molar-refractivity contribution in [3.8, 4) is 0 Å². The first-order valence-corrected chi connectivity index (χ1v) is 7.96. The van der Waals surface area contributed by atoms with Gasteiger partial charge in [0, 0.05) is 12.1 Å². The number of rotatable bonds is 5. The van der Waals surface area contributed by atoms with Gasteiger partial charge in [0.1, 0.15) is 5.82 Å². The van der Waals surface area contributed by atoms with Crippen LogP contribution in [0.25, 0.3) is 0 Å². The maximum atomic E-state index is 12.0. The summed E-state index contributed by atoms with van der Waals surface area (Å²) < 4.78 is 2.07. The third kappa shape index (κ3) is 4.20. The van der Waals surface area contributed by atoms with Crippen LogP contribution in [0.2, 0.25) is 0 Å². The maximum Gasteiger partial charge on any atom is 0.321 e. The molecule has 1 aromatic rings. The number of urea groups is 1. The lowest BCUT2D eigenvalue weighted by atomic mass is 10.4. The first-order chi connectivity index (χ1) is 9.88. The molecule has 0 spiro atoms. The van der Waals surface area contributed by atoms with Crippen molar-refractivity contribution < 1.29 is 9.59 Å². The molecule has 1 aliphatic carbocycles. The lowest BCUT2D eigenvalue weighted by molar-refractivity contribution is -0.119. The first kappa shape index (κ1) is 15.8. The highest BCUT2D eigenvalue weighted by Crippen LogP contribution is 2.39. The molecular weight excluding hydrogens is 290 g/mol. The molecule has 3 amide bonds. The molecule has 1 aromatic heterocycles. The van der Waals surface area contributed by atoms with Crippen molar-refractivity contribution in [2.75, 3.05) is 0 Å². The lowest BCUT2D eigenvalue weighted by Gasteiger charge is -2.13. The lowest BCUT2D eigenvalue weighted by Crippen LogP contribution is -2.45. The van der Waals surface area contributed by atoms with E-state index in [0.717, 1.165) is 23.8 Å². The van der Waals surface area contributed by atoms with Gasteiger partial charge >= 0.3 is 6.03 Å². The van der Waals surface area contributed by atoms with Crippen molar-refractivity contribution in [2.45, 2.75) is 63.0 Å². The number of aryl methyl sites for hydroxylation is 1. The number of aromatic nitrogens is 3. The zero-order valence-electron chi connectivity index (χ0n) is 12.7. The van der Waals surface area contributed by atoms with Crippen molar-refractivity contribution >= 4 is 23.7 Å². The summed E-state index contributed by atoms with van der Waals surface area (Å²) in [5, 5.41) is 13.5. The Morgan fingerprint density at radius 1 is 1.29 bits per heavy atom. The molecular formula is C13H21N5O2S. The third-order valence-electron chi connectivity index (χ3n) is 3.05. The molecule has 1 aliphatic rings. The molecule has 1 heterocycles. The molecule has 1 fully saturated rings. The van der Waals surface area contributed by atoms with E-state index in [4.69, 9.17) is 0 Å². The number of carbonyl (C=O) groups is 2. The Bertz CT molecular complexity index is 539. The fourth-order valence-electron chi connectivity index (χ4n) is 1.91. The minimum Gasteiger partial charge on any atom is -0.336 e. The van der Waals surface area contributed by atoms with Crippen LogP contribution in [0.4, 0.5) is 4.79 Å². The van der Waals surface area contributed by atoms with Gasteiger partial charge in [-0.1, -0.05) is 11.8 Å². The third-order valence-corrected chi connectivity index (χ3v) is 4.11. The number of nitrogens with zero attached hydrogens (tertiary/aromatic N) is 3. The highest BCUT2D eigenvalue weighted by atomic mass is 32.2. The van der Waals surface area contributed by atoms with Crippen LogP contribution in [0, 0.1) is 6.92 Å². The Morgan fingerprint density at radius 3 is 2.52 bits per heavy atom. The summed E-state index contributed by atoms with van der Waals surface area (Å²) in [5.74, 6) is 0.534. The quantitative estimate of drug-likeness (QED) is 0.807. The Balaban J connectivity index is 1.93. The molecule has 0 saturated heterocycles. The average Bonchev–Trinajstić information content (AvgIpc) is 3.13. The summed E-state index contributed by atoms with van der Waals surface area (Å²) in [7, 11) is 0. The number of thioether (sulfide) groups is 1. The Hall–Kier alpha value is -1.57. The predicted molar refractivity (Wildman–Crippen MR) is 80.2 cm³/mol. The van der Waals surface area contributed by atoms with Crippen molar-refractivity contribution in [1.29, 1.82) is 0 Å². The maximum absolute atomic E-state index is 12.0. The zero-order chi connectivity index (χ0) is 15.6. The standard InChI is InChI=1S/C13H21N5O2S/c1-7(2)14-12(20)15-11(19)8(3)21-13-17-16-9(4)18(13)10-5-6-10/h7-8,10H,5-6H2,1-4H3,(H2,14,15,19,20)/t8-/m1/s1. The highest BCUT2D eigenvalue weighted by molar-refractivity contribution is 8.00. The van der Waals surface area contributed by atoms with Crippen LogP contribution in [0.5, 0.6) is 0 Å². The Morgan fingerprint density at radius 2 is 1.95 bits per heavy atom. The molecule has 8 heteroatoms. The van der Waals surface area contributed by atoms with Crippen molar-refractivity contribution in [3.05, 3.63) is 5.82 Å². The number of hydrogen-bond donors (Lipinski definition) is 2. The van der Waals surface area contributed by atoms with Gasteiger partial charge in [-0.3, -0.25) is 10.1 Å². The minimum absolute atomic E-state index is 0.0126. The van der Waals surface area contributed by atoms with Crippen molar-refractivity contribution in [3.63, 3.8) is 0 Å². The van der Waals surface area contributed by atoms with Gasteiger partial charge in [-0.2, -0.15) is 0 Å². The zero-order valence-corrected chi connectivity index (χ0v) is 13.5. The second-order valence-corrected chi connectivity index (χ2v) is 6.82. The van der Waals surface area contributed by atoms with E-state index in [9.17, 15) is 9.59 Å². The minimum atomic E-state index is -0.470. The van der Waals surface area contributed by atoms with E-state index in [1.165, 1.54) is 11.8 Å². The van der Waals surface area contributed by atoms with Crippen LogP contribution >= 0.6 is 11.8 Å². The highest BCUT2D eigenvalue weighted by Gasteiger charge is 2.30. The Kier molecular flexibility index (Phi) is 4.87. The fourth-order valence-corrected chi connectivity index (χ4v) is 2.87. The van der Waals surface area contributed by atoms with E-state index in [-0.39, 0.29) is 11.9 Å². The molecule has 7 nitrogen and oxygen atoms in total. The van der Waals surface area contributed by atoms with E-state index in [0.29, 0.717) is 6.04 Å². The molecule has 2 N–H and O–H groups in total. The second kappa shape index (κ2) is 6.46. The number of imide groups is 1. The number of nitrogens with one attached hydrogen (secondary N) is 2. The summed E-state index contributed by atoms with van der Waals surface area (Å²) in [6.45, 7) is 7.34. The van der Waals surface area contributed by atoms with Crippen molar-refractivity contribution in [1.82, 2.24) is 25.4 Å². The molecule has 0 aliphatic heterocycles. The number of carbonyl (C=O) groups excluding carboxylic acids is 2. The van der Waals surface area contributed by atoms with Crippen LogP contribution in [-0.4, -0.2) is 38.0 Å². The fraction of sp³-hybridized carbons (Fsp3) is 0.692. The van der Waals surface area contributed by atoms with E-state index in [2.05, 4.69) is 25.4 Å². The van der Waals surface area contributed by atoms with Gasteiger partial charge in [-0.25, -0.2) is 4.79 Å². The Labute approximate surface area is 128 Å². The summed E-state index contributed by atoms with van der Waals surface area (Å²) in [5.41, 5.74) is 0. The molecule has 2 rings (SSSR count).